The van der Waals surface area contributed by atoms with E-state index >= 15 is 0 Å². The third-order valence-corrected chi connectivity index (χ3v) is 2.13. The van der Waals surface area contributed by atoms with Crippen molar-refractivity contribution in [3.05, 3.63) is 29.6 Å². The number of halogens is 1. The van der Waals surface area contributed by atoms with E-state index in [0.29, 0.717) is 13.1 Å². The molecule has 0 bridgehead atoms. The van der Waals surface area contributed by atoms with Gasteiger partial charge in [-0.25, -0.2) is 4.39 Å². The predicted molar refractivity (Wildman–Crippen MR) is 62.9 cm³/mol. The SMILES string of the molecule is COc1ccc(CNCC(C)(C)N)cc1F. The molecule has 0 radical (unpaired) electrons. The van der Waals surface area contributed by atoms with Crippen molar-refractivity contribution in [2.45, 2.75) is 25.9 Å². The monoisotopic (exact) mass is 226 g/mol. The van der Waals surface area contributed by atoms with Crippen LogP contribution in [-0.2, 0) is 6.54 Å². The molecule has 0 fully saturated rings. The lowest BCUT2D eigenvalue weighted by atomic mass is 10.1. The average molecular weight is 226 g/mol. The number of nitrogens with two attached hydrogens (primary N) is 1. The average Bonchev–Trinajstić information content (AvgIpc) is 2.16. The number of hydrogen-bond donors (Lipinski definition) is 2. The molecule has 90 valence electrons. The van der Waals surface area contributed by atoms with E-state index in [-0.39, 0.29) is 17.1 Å². The Kier molecular flexibility index (Phi) is 4.26. The number of benzene rings is 1. The molecule has 1 rings (SSSR count). The first-order valence-corrected chi connectivity index (χ1v) is 5.24. The fourth-order valence-electron chi connectivity index (χ4n) is 1.35. The summed E-state index contributed by atoms with van der Waals surface area (Å²) in [5.74, 6) is -0.0725. The maximum Gasteiger partial charge on any atom is 0.165 e. The summed E-state index contributed by atoms with van der Waals surface area (Å²) in [5.41, 5.74) is 6.44. The van der Waals surface area contributed by atoms with Gasteiger partial charge in [-0.2, -0.15) is 0 Å². The van der Waals surface area contributed by atoms with Gasteiger partial charge in [0.2, 0.25) is 0 Å². The van der Waals surface area contributed by atoms with E-state index in [9.17, 15) is 4.39 Å². The second-order valence-corrected chi connectivity index (χ2v) is 4.56. The van der Waals surface area contributed by atoms with E-state index in [1.807, 2.05) is 19.9 Å². The molecular formula is C12H19FN2O. The van der Waals surface area contributed by atoms with Gasteiger partial charge in [0.1, 0.15) is 0 Å². The van der Waals surface area contributed by atoms with E-state index in [4.69, 9.17) is 10.5 Å². The maximum atomic E-state index is 13.3. The maximum absolute atomic E-state index is 13.3. The van der Waals surface area contributed by atoms with Gasteiger partial charge in [-0.3, -0.25) is 0 Å². The van der Waals surface area contributed by atoms with E-state index in [2.05, 4.69) is 5.32 Å². The smallest absolute Gasteiger partial charge is 0.165 e. The first-order chi connectivity index (χ1) is 7.42. The number of ether oxygens (including phenoxy) is 1. The minimum atomic E-state index is -0.339. The summed E-state index contributed by atoms with van der Waals surface area (Å²) in [5, 5.41) is 3.17. The van der Waals surface area contributed by atoms with Crippen LogP contribution >= 0.6 is 0 Å². The molecule has 16 heavy (non-hydrogen) atoms. The standard InChI is InChI=1S/C12H19FN2O/c1-12(2,14)8-15-7-9-4-5-11(16-3)10(13)6-9/h4-6,15H,7-8,14H2,1-3H3. The van der Waals surface area contributed by atoms with Crippen LogP contribution in [-0.4, -0.2) is 19.2 Å². The van der Waals surface area contributed by atoms with Crippen molar-refractivity contribution < 1.29 is 9.13 Å². The van der Waals surface area contributed by atoms with Crippen molar-refractivity contribution in [2.75, 3.05) is 13.7 Å². The molecule has 0 spiro atoms. The molecule has 1 aromatic rings. The Bertz CT molecular complexity index is 347. The number of hydrogen-bond acceptors (Lipinski definition) is 3. The molecule has 3 nitrogen and oxygen atoms in total. The van der Waals surface area contributed by atoms with Gasteiger partial charge in [-0.1, -0.05) is 6.07 Å². The molecule has 1 aromatic carbocycles. The third-order valence-electron chi connectivity index (χ3n) is 2.13. The van der Waals surface area contributed by atoms with Crippen molar-refractivity contribution in [1.82, 2.24) is 5.32 Å². The predicted octanol–water partition coefficient (Wildman–Crippen LogP) is 1.66. The minimum absolute atomic E-state index is 0.259. The molecule has 0 aliphatic heterocycles. The van der Waals surface area contributed by atoms with Crippen molar-refractivity contribution in [3.63, 3.8) is 0 Å². The Balaban J connectivity index is 2.52. The summed E-state index contributed by atoms with van der Waals surface area (Å²) >= 11 is 0. The molecule has 0 heterocycles. The van der Waals surface area contributed by atoms with Crippen LogP contribution in [0.15, 0.2) is 18.2 Å². The fraction of sp³-hybridized carbons (Fsp3) is 0.500. The Morgan fingerprint density at radius 3 is 2.62 bits per heavy atom. The quantitative estimate of drug-likeness (QED) is 0.802. The zero-order valence-corrected chi connectivity index (χ0v) is 10.0. The zero-order valence-electron chi connectivity index (χ0n) is 10.0. The van der Waals surface area contributed by atoms with E-state index in [1.165, 1.54) is 13.2 Å². The van der Waals surface area contributed by atoms with Gasteiger partial charge in [-0.05, 0) is 31.5 Å². The summed E-state index contributed by atoms with van der Waals surface area (Å²) in [6.45, 7) is 5.16. The van der Waals surface area contributed by atoms with E-state index in [1.54, 1.807) is 6.07 Å². The van der Waals surface area contributed by atoms with E-state index < -0.39 is 0 Å². The van der Waals surface area contributed by atoms with Crippen LogP contribution in [0, 0.1) is 5.82 Å². The normalized spacial score (nSPS) is 11.6. The van der Waals surface area contributed by atoms with Gasteiger partial charge in [0.25, 0.3) is 0 Å². The van der Waals surface area contributed by atoms with E-state index in [0.717, 1.165) is 5.56 Å². The Morgan fingerprint density at radius 1 is 1.44 bits per heavy atom. The molecule has 0 saturated carbocycles. The highest BCUT2D eigenvalue weighted by atomic mass is 19.1. The van der Waals surface area contributed by atoms with Crippen LogP contribution in [0.25, 0.3) is 0 Å². The highest BCUT2D eigenvalue weighted by Crippen LogP contribution is 2.17. The van der Waals surface area contributed by atoms with Crippen molar-refractivity contribution in [3.8, 4) is 5.75 Å². The van der Waals surface area contributed by atoms with Gasteiger partial charge in [0.05, 0.1) is 7.11 Å². The van der Waals surface area contributed by atoms with Crippen LogP contribution in [0.5, 0.6) is 5.75 Å². The highest BCUT2D eigenvalue weighted by molar-refractivity contribution is 5.29. The lowest BCUT2D eigenvalue weighted by molar-refractivity contribution is 0.386. The summed E-state index contributed by atoms with van der Waals surface area (Å²) in [4.78, 5) is 0. The molecule has 0 saturated heterocycles. The Labute approximate surface area is 95.8 Å². The topological polar surface area (TPSA) is 47.3 Å². The van der Waals surface area contributed by atoms with Crippen LogP contribution in [0.1, 0.15) is 19.4 Å². The van der Waals surface area contributed by atoms with Crippen LogP contribution in [0.3, 0.4) is 0 Å². The second kappa shape index (κ2) is 5.27. The second-order valence-electron chi connectivity index (χ2n) is 4.56. The van der Waals surface area contributed by atoms with Crippen molar-refractivity contribution >= 4 is 0 Å². The number of methoxy groups -OCH3 is 1. The highest BCUT2D eigenvalue weighted by Gasteiger charge is 2.09. The first-order valence-electron chi connectivity index (χ1n) is 5.24. The lowest BCUT2D eigenvalue weighted by Crippen LogP contribution is -2.42. The molecule has 4 heteroatoms. The van der Waals surface area contributed by atoms with Gasteiger partial charge in [0.15, 0.2) is 11.6 Å². The molecule has 0 aliphatic rings. The first kappa shape index (κ1) is 12.9. The number of nitrogens with one attached hydrogen (secondary N) is 1. The third kappa shape index (κ3) is 4.16. The molecular weight excluding hydrogens is 207 g/mol. The number of rotatable bonds is 5. The van der Waals surface area contributed by atoms with Crippen LogP contribution in [0.2, 0.25) is 0 Å². The van der Waals surface area contributed by atoms with Crippen LogP contribution < -0.4 is 15.8 Å². The van der Waals surface area contributed by atoms with Crippen LogP contribution in [0.4, 0.5) is 4.39 Å². The molecule has 0 aromatic heterocycles. The molecule has 0 atom stereocenters. The van der Waals surface area contributed by atoms with Gasteiger partial charge in [0, 0.05) is 18.6 Å². The zero-order chi connectivity index (χ0) is 12.2. The molecule has 0 aliphatic carbocycles. The summed E-state index contributed by atoms with van der Waals surface area (Å²) in [7, 11) is 1.45. The van der Waals surface area contributed by atoms with Gasteiger partial charge >= 0.3 is 0 Å². The van der Waals surface area contributed by atoms with Gasteiger partial charge < -0.3 is 15.8 Å². The van der Waals surface area contributed by atoms with Crippen molar-refractivity contribution in [1.29, 1.82) is 0 Å². The summed E-state index contributed by atoms with van der Waals surface area (Å²) in [6, 6.07) is 4.92. The minimum Gasteiger partial charge on any atom is -0.494 e. The largest absolute Gasteiger partial charge is 0.494 e. The fourth-order valence-corrected chi connectivity index (χ4v) is 1.35. The molecule has 0 amide bonds. The Hall–Kier alpha value is -1.13. The molecule has 3 N–H and O–H groups in total. The summed E-state index contributed by atoms with van der Waals surface area (Å²) < 4.78 is 18.2. The lowest BCUT2D eigenvalue weighted by Gasteiger charge is -2.19. The Morgan fingerprint density at radius 2 is 2.12 bits per heavy atom. The molecule has 0 unspecified atom stereocenters. The summed E-state index contributed by atoms with van der Waals surface area (Å²) in [6.07, 6.45) is 0. The van der Waals surface area contributed by atoms with Gasteiger partial charge in [-0.15, -0.1) is 0 Å². The van der Waals surface area contributed by atoms with Crippen molar-refractivity contribution in [2.24, 2.45) is 5.73 Å².